The minimum Gasteiger partial charge on any atom is -0.477 e. The van der Waals surface area contributed by atoms with Gasteiger partial charge < -0.3 is 15.3 Å². The van der Waals surface area contributed by atoms with Crippen molar-refractivity contribution in [1.29, 1.82) is 0 Å². The number of nitrogens with zero attached hydrogens (tertiary/aromatic N) is 3. The van der Waals surface area contributed by atoms with Gasteiger partial charge in [0, 0.05) is 56.1 Å². The Hall–Kier alpha value is -2.14. The van der Waals surface area contributed by atoms with Gasteiger partial charge in [-0.25, -0.2) is 18.9 Å². The molecule has 3 heterocycles. The van der Waals surface area contributed by atoms with E-state index in [2.05, 4.69) is 26.8 Å². The van der Waals surface area contributed by atoms with E-state index in [-0.39, 0.29) is 5.56 Å². The highest BCUT2D eigenvalue weighted by Gasteiger charge is 2.23. The van der Waals surface area contributed by atoms with Crippen molar-refractivity contribution < 1.29 is 18.3 Å². The van der Waals surface area contributed by atoms with Gasteiger partial charge in [0.15, 0.2) is 5.69 Å². The average molecular weight is 402 g/mol. The Bertz CT molecular complexity index is 861. The van der Waals surface area contributed by atoms with Crippen LogP contribution in [0, 0.1) is 0 Å². The van der Waals surface area contributed by atoms with E-state index in [1.54, 1.807) is 12.1 Å². The minimum atomic E-state index is -4.19. The normalized spacial score (nSPS) is 14.5. The van der Waals surface area contributed by atoms with Gasteiger partial charge in [0.1, 0.15) is 5.82 Å². The number of hydrogen-bond donors (Lipinski definition) is 3. The molecule has 1 saturated heterocycles. The number of pyridine rings is 1. The summed E-state index contributed by atoms with van der Waals surface area (Å²) in [5.41, 5.74) is 0.346. The number of rotatable bonds is 4. The van der Waals surface area contributed by atoms with Crippen LogP contribution >= 0.6 is 11.6 Å². The lowest BCUT2D eigenvalue weighted by molar-refractivity contribution is 0.0690. The highest BCUT2D eigenvalue weighted by Crippen LogP contribution is 2.26. The highest BCUT2D eigenvalue weighted by molar-refractivity contribution is 7.87. The van der Waals surface area contributed by atoms with Gasteiger partial charge in [-0.15, -0.1) is 11.6 Å². The largest absolute Gasteiger partial charge is 0.477 e. The second kappa shape index (κ2) is 8.49. The summed E-state index contributed by atoms with van der Waals surface area (Å²) < 4.78 is 23.6. The third-order valence-electron chi connectivity index (χ3n) is 3.83. The van der Waals surface area contributed by atoms with Crippen LogP contribution in [0.1, 0.15) is 10.5 Å². The summed E-state index contributed by atoms with van der Waals surface area (Å²) >= 11 is 4.64. The van der Waals surface area contributed by atoms with Crippen LogP contribution in [0.4, 0.5) is 5.82 Å². The first-order valence-electron chi connectivity index (χ1n) is 7.66. The van der Waals surface area contributed by atoms with Gasteiger partial charge in [-0.1, -0.05) is 0 Å². The summed E-state index contributed by atoms with van der Waals surface area (Å²) in [5.74, 6) is -0.585. The Kier molecular flexibility index (Phi) is 6.59. The number of halogens is 1. The summed E-state index contributed by atoms with van der Waals surface area (Å²) in [7, 11) is -4.19. The van der Waals surface area contributed by atoms with Gasteiger partial charge in [0.25, 0.3) is 0 Å². The number of anilines is 1. The number of nitrogens with one attached hydrogen (secondary N) is 1. The first-order valence-corrected chi connectivity index (χ1v) is 9.91. The Morgan fingerprint density at radius 2 is 1.92 bits per heavy atom. The number of piperazine rings is 1. The van der Waals surface area contributed by atoms with Crippen molar-refractivity contribution in [2.24, 2.45) is 5.14 Å². The standard InChI is InChI=1S/C14H17N5O4S.CH3Cl/c15-24(22,23)19-6-3-11(13(19)14(20)21)10-1-2-12(17-9-10)18-7-4-16-5-8-18;1-2/h1-3,6,9,16H,4-5,7-8H2,(H,20,21)(H2,15,22,23);1H3. The molecular formula is C15H20ClN5O4S. The van der Waals surface area contributed by atoms with E-state index in [0.717, 1.165) is 38.2 Å². The number of carboxylic acids is 1. The zero-order valence-corrected chi connectivity index (χ0v) is 15.7. The molecule has 26 heavy (non-hydrogen) atoms. The summed E-state index contributed by atoms with van der Waals surface area (Å²) in [4.78, 5) is 17.9. The number of aromatic carboxylic acids is 1. The van der Waals surface area contributed by atoms with E-state index in [9.17, 15) is 18.3 Å². The number of hydrogen-bond acceptors (Lipinski definition) is 6. The van der Waals surface area contributed by atoms with Crippen molar-refractivity contribution in [2.75, 3.05) is 37.5 Å². The Morgan fingerprint density at radius 1 is 1.27 bits per heavy atom. The van der Waals surface area contributed by atoms with E-state index in [0.29, 0.717) is 9.54 Å². The van der Waals surface area contributed by atoms with E-state index in [4.69, 9.17) is 5.14 Å². The van der Waals surface area contributed by atoms with Crippen LogP contribution in [0.15, 0.2) is 30.6 Å². The molecule has 0 unspecified atom stereocenters. The summed E-state index contributed by atoms with van der Waals surface area (Å²) in [5, 5.41) is 17.6. The molecule has 2 aromatic heterocycles. The Labute approximate surface area is 156 Å². The molecule has 2 aromatic rings. The van der Waals surface area contributed by atoms with Gasteiger partial charge in [0.2, 0.25) is 0 Å². The molecule has 1 fully saturated rings. The molecule has 1 aliphatic rings. The maximum Gasteiger partial charge on any atom is 0.354 e. The fourth-order valence-corrected chi connectivity index (χ4v) is 3.36. The molecule has 142 valence electrons. The lowest BCUT2D eigenvalue weighted by Gasteiger charge is -2.28. The van der Waals surface area contributed by atoms with Gasteiger partial charge in [-0.05, 0) is 18.2 Å². The number of carboxylic acid groups (broad SMARTS) is 1. The predicted molar refractivity (Wildman–Crippen MR) is 100.0 cm³/mol. The van der Waals surface area contributed by atoms with Crippen LogP contribution in [0.5, 0.6) is 0 Å². The van der Waals surface area contributed by atoms with Gasteiger partial charge in [-0.3, -0.25) is 0 Å². The maximum atomic E-state index is 11.5. The quantitative estimate of drug-likeness (QED) is 0.638. The maximum absolute atomic E-state index is 11.5. The van der Waals surface area contributed by atoms with Gasteiger partial charge in [-0.2, -0.15) is 8.42 Å². The lowest BCUT2D eigenvalue weighted by Crippen LogP contribution is -2.43. The van der Waals surface area contributed by atoms with Crippen molar-refractivity contribution in [3.05, 3.63) is 36.3 Å². The molecule has 0 aromatic carbocycles. The van der Waals surface area contributed by atoms with Crippen molar-refractivity contribution in [2.45, 2.75) is 0 Å². The van der Waals surface area contributed by atoms with Crippen LogP contribution in [0.2, 0.25) is 0 Å². The minimum absolute atomic E-state index is 0.246. The van der Waals surface area contributed by atoms with Gasteiger partial charge in [0.05, 0.1) is 0 Å². The van der Waals surface area contributed by atoms with Crippen molar-refractivity contribution >= 4 is 33.6 Å². The molecule has 0 bridgehead atoms. The molecule has 0 atom stereocenters. The fraction of sp³-hybridized carbons (Fsp3) is 0.333. The molecule has 9 nitrogen and oxygen atoms in total. The van der Waals surface area contributed by atoms with E-state index in [1.807, 2.05) is 0 Å². The first-order chi connectivity index (χ1) is 12.4. The number of aromatic nitrogens is 2. The van der Waals surface area contributed by atoms with Crippen LogP contribution in [-0.4, -0.2) is 61.0 Å². The zero-order valence-electron chi connectivity index (χ0n) is 14.1. The van der Waals surface area contributed by atoms with Crippen molar-refractivity contribution in [3.8, 4) is 11.1 Å². The zero-order chi connectivity index (χ0) is 19.3. The molecule has 1 aliphatic heterocycles. The molecule has 11 heteroatoms. The van der Waals surface area contributed by atoms with Crippen LogP contribution < -0.4 is 15.4 Å². The van der Waals surface area contributed by atoms with Crippen LogP contribution in [-0.2, 0) is 10.2 Å². The third-order valence-corrected chi connectivity index (χ3v) is 4.68. The summed E-state index contributed by atoms with van der Waals surface area (Å²) in [6, 6.07) is 4.91. The Morgan fingerprint density at radius 3 is 2.42 bits per heavy atom. The third kappa shape index (κ3) is 4.33. The van der Waals surface area contributed by atoms with Crippen molar-refractivity contribution in [3.63, 3.8) is 0 Å². The smallest absolute Gasteiger partial charge is 0.354 e. The fourth-order valence-electron chi connectivity index (χ4n) is 2.70. The van der Waals surface area contributed by atoms with E-state index < -0.39 is 21.9 Å². The average Bonchev–Trinajstić information content (AvgIpc) is 3.10. The summed E-state index contributed by atoms with van der Waals surface area (Å²) in [6.07, 6.45) is 4.13. The first kappa shape index (κ1) is 20.2. The molecule has 0 radical (unpaired) electrons. The van der Waals surface area contributed by atoms with Gasteiger partial charge >= 0.3 is 16.2 Å². The molecule has 4 N–H and O–H groups in total. The molecule has 0 aliphatic carbocycles. The number of alkyl halides is 1. The van der Waals surface area contributed by atoms with E-state index in [1.165, 1.54) is 18.6 Å². The lowest BCUT2D eigenvalue weighted by atomic mass is 10.1. The van der Waals surface area contributed by atoms with Crippen LogP contribution in [0.3, 0.4) is 0 Å². The molecular weight excluding hydrogens is 382 g/mol. The second-order valence-electron chi connectivity index (χ2n) is 5.37. The molecule has 3 rings (SSSR count). The summed E-state index contributed by atoms with van der Waals surface area (Å²) in [6.45, 7) is 3.44. The SMILES string of the molecule is CCl.NS(=O)(=O)n1ccc(-c2ccc(N3CCNCC3)nc2)c1C(=O)O. The molecule has 0 spiro atoms. The second-order valence-corrected chi connectivity index (χ2v) is 6.79. The number of nitrogens with two attached hydrogens (primary N) is 1. The molecule has 0 saturated carbocycles. The van der Waals surface area contributed by atoms with Crippen LogP contribution in [0.25, 0.3) is 11.1 Å². The Balaban J connectivity index is 0.00000117. The monoisotopic (exact) mass is 401 g/mol. The predicted octanol–water partition coefficient (Wildman–Crippen LogP) is 0.565. The number of carbonyl (C=O) groups is 1. The van der Waals surface area contributed by atoms with E-state index >= 15 is 0 Å². The topological polar surface area (TPSA) is 131 Å². The highest BCUT2D eigenvalue weighted by atomic mass is 35.5. The van der Waals surface area contributed by atoms with Crippen molar-refractivity contribution in [1.82, 2.24) is 14.3 Å². The molecule has 0 amide bonds.